The van der Waals surface area contributed by atoms with Gasteiger partial charge in [0.05, 0.1) is 0 Å². The van der Waals surface area contributed by atoms with Gasteiger partial charge in [-0.05, 0) is 45.7 Å². The second-order valence-electron chi connectivity index (χ2n) is 7.07. The van der Waals surface area contributed by atoms with Crippen LogP contribution in [0.4, 0.5) is 0 Å². The van der Waals surface area contributed by atoms with Gasteiger partial charge in [0.2, 0.25) is 0 Å². The van der Waals surface area contributed by atoms with E-state index >= 15 is 0 Å². The summed E-state index contributed by atoms with van der Waals surface area (Å²) in [7, 11) is 0. The van der Waals surface area contributed by atoms with Crippen molar-refractivity contribution in [1.29, 1.82) is 0 Å². The largest absolute Gasteiger partial charge is 0.354 e. The number of aryl methyl sites for hydroxylation is 1. The topological polar surface area (TPSA) is 65.2 Å². The molecule has 1 aliphatic heterocycles. The maximum absolute atomic E-state index is 12.4. The average Bonchev–Trinajstić information content (AvgIpc) is 3.07. The maximum Gasteiger partial charge on any atom is 0.267 e. The first kappa shape index (κ1) is 16.2. The number of nitrogens with one attached hydrogen (secondary N) is 2. The molecule has 1 amide bonds. The summed E-state index contributed by atoms with van der Waals surface area (Å²) in [6, 6.07) is 2.88. The lowest BCUT2D eigenvalue weighted by atomic mass is 9.80. The minimum Gasteiger partial charge on any atom is -0.354 e. The molecule has 2 N–H and O–H groups in total. The van der Waals surface area contributed by atoms with Crippen molar-refractivity contribution in [2.75, 3.05) is 19.6 Å². The molecule has 5 heteroatoms. The number of hydrogen-bond acceptors (Lipinski definition) is 3. The van der Waals surface area contributed by atoms with Gasteiger partial charge in [-0.2, -0.15) is 0 Å². The Kier molecular flexibility index (Phi) is 4.85. The van der Waals surface area contributed by atoms with E-state index < -0.39 is 0 Å². The molecule has 2 fully saturated rings. The molecule has 2 heterocycles. The van der Waals surface area contributed by atoms with Gasteiger partial charge >= 0.3 is 0 Å². The molecule has 0 unspecified atom stereocenters. The summed E-state index contributed by atoms with van der Waals surface area (Å²) >= 11 is 0. The highest BCUT2D eigenvalue weighted by Gasteiger charge is 2.39. The molecule has 0 radical (unpaired) electrons. The van der Waals surface area contributed by atoms with Gasteiger partial charge in [0.1, 0.15) is 5.69 Å². The highest BCUT2D eigenvalue weighted by atomic mass is 16.2. The second-order valence-corrected chi connectivity index (χ2v) is 7.07. The number of nitrogens with zero attached hydrogens (tertiary/aromatic N) is 1. The molecule has 0 aromatic carbocycles. The van der Waals surface area contributed by atoms with Crippen LogP contribution in [-0.4, -0.2) is 41.0 Å². The zero-order chi connectivity index (χ0) is 16.3. The molecule has 2 aliphatic rings. The van der Waals surface area contributed by atoms with E-state index in [4.69, 9.17) is 0 Å². The summed E-state index contributed by atoms with van der Waals surface area (Å²) < 4.78 is 0. The van der Waals surface area contributed by atoms with Crippen LogP contribution in [0.15, 0.2) is 16.9 Å². The Morgan fingerprint density at radius 3 is 2.52 bits per heavy atom. The van der Waals surface area contributed by atoms with Crippen molar-refractivity contribution in [2.45, 2.75) is 57.4 Å². The van der Waals surface area contributed by atoms with E-state index in [9.17, 15) is 9.59 Å². The van der Waals surface area contributed by atoms with Crippen LogP contribution in [-0.2, 0) is 0 Å². The smallest absolute Gasteiger partial charge is 0.267 e. The van der Waals surface area contributed by atoms with E-state index in [0.29, 0.717) is 12.2 Å². The summed E-state index contributed by atoms with van der Waals surface area (Å²) in [5, 5.41) is 3.09. The zero-order valence-electron chi connectivity index (χ0n) is 14.0. The van der Waals surface area contributed by atoms with Gasteiger partial charge in [-0.1, -0.05) is 19.3 Å². The van der Waals surface area contributed by atoms with E-state index in [0.717, 1.165) is 31.6 Å². The van der Waals surface area contributed by atoms with E-state index in [1.807, 2.05) is 0 Å². The Morgan fingerprint density at radius 1 is 1.17 bits per heavy atom. The van der Waals surface area contributed by atoms with Gasteiger partial charge in [0.15, 0.2) is 5.43 Å². The fourth-order valence-corrected chi connectivity index (χ4v) is 4.15. The zero-order valence-corrected chi connectivity index (χ0v) is 14.0. The third-order valence-corrected chi connectivity index (χ3v) is 5.36. The predicted molar refractivity (Wildman–Crippen MR) is 90.8 cm³/mol. The van der Waals surface area contributed by atoms with Gasteiger partial charge in [0, 0.05) is 29.9 Å². The molecule has 1 aromatic rings. The van der Waals surface area contributed by atoms with Crippen LogP contribution in [0.2, 0.25) is 0 Å². The molecular formula is C18H27N3O2. The van der Waals surface area contributed by atoms with Gasteiger partial charge in [-0.3, -0.25) is 14.5 Å². The summed E-state index contributed by atoms with van der Waals surface area (Å²) in [5.74, 6) is -0.171. The molecule has 0 atom stereocenters. The van der Waals surface area contributed by atoms with Crippen molar-refractivity contribution in [3.63, 3.8) is 0 Å². The first-order valence-electron chi connectivity index (χ1n) is 8.83. The number of amides is 1. The first-order valence-corrected chi connectivity index (χ1v) is 8.83. The number of aromatic nitrogens is 1. The molecular weight excluding hydrogens is 290 g/mol. The minimum absolute atomic E-state index is 0.120. The number of hydrogen-bond donors (Lipinski definition) is 2. The number of carbonyl (C=O) groups is 1. The van der Waals surface area contributed by atoms with Crippen molar-refractivity contribution < 1.29 is 4.79 Å². The van der Waals surface area contributed by atoms with Crippen LogP contribution in [0, 0.1) is 6.92 Å². The minimum atomic E-state index is -0.171. The Morgan fingerprint density at radius 2 is 1.87 bits per heavy atom. The number of aromatic amines is 1. The van der Waals surface area contributed by atoms with Gasteiger partial charge in [0.25, 0.3) is 5.91 Å². The van der Waals surface area contributed by atoms with Crippen molar-refractivity contribution in [3.8, 4) is 0 Å². The van der Waals surface area contributed by atoms with E-state index in [1.54, 1.807) is 6.92 Å². The summed E-state index contributed by atoms with van der Waals surface area (Å²) in [6.07, 6.45) is 8.65. The standard InChI is InChI=1S/C18H27N3O2/c1-14-11-15(22)12-16(20-14)17(23)19-13-18(7-3-2-4-8-18)21-9-5-6-10-21/h11-12H,2-10,13H2,1H3,(H,19,23)(H,20,22). The van der Waals surface area contributed by atoms with Crippen LogP contribution < -0.4 is 10.7 Å². The van der Waals surface area contributed by atoms with Gasteiger partial charge in [-0.25, -0.2) is 0 Å². The molecule has 23 heavy (non-hydrogen) atoms. The van der Waals surface area contributed by atoms with Crippen molar-refractivity contribution in [3.05, 3.63) is 33.7 Å². The predicted octanol–water partition coefficient (Wildman–Crippen LogP) is 2.21. The van der Waals surface area contributed by atoms with Crippen LogP contribution >= 0.6 is 0 Å². The lowest BCUT2D eigenvalue weighted by molar-refractivity contribution is 0.0650. The summed E-state index contributed by atoms with van der Waals surface area (Å²) in [6.45, 7) is 4.78. The first-order chi connectivity index (χ1) is 11.1. The summed E-state index contributed by atoms with van der Waals surface area (Å²) in [5.41, 5.74) is 1.07. The van der Waals surface area contributed by atoms with E-state index in [2.05, 4.69) is 15.2 Å². The molecule has 1 saturated carbocycles. The van der Waals surface area contributed by atoms with Crippen molar-refractivity contribution >= 4 is 5.91 Å². The Labute approximate surface area is 137 Å². The third kappa shape index (κ3) is 3.66. The number of carbonyl (C=O) groups excluding carboxylic acids is 1. The van der Waals surface area contributed by atoms with E-state index in [1.165, 1.54) is 44.2 Å². The SMILES string of the molecule is Cc1cc(=O)cc(C(=O)NCC2(N3CCCC3)CCCCC2)[nH]1. The maximum atomic E-state index is 12.4. The second kappa shape index (κ2) is 6.87. The number of rotatable bonds is 4. The van der Waals surface area contributed by atoms with Crippen LogP contribution in [0.3, 0.4) is 0 Å². The molecule has 5 nitrogen and oxygen atoms in total. The van der Waals surface area contributed by atoms with E-state index in [-0.39, 0.29) is 16.9 Å². The molecule has 1 aromatic heterocycles. The van der Waals surface area contributed by atoms with Crippen LogP contribution in [0.1, 0.15) is 61.1 Å². The fraction of sp³-hybridized carbons (Fsp3) is 0.667. The highest BCUT2D eigenvalue weighted by Crippen LogP contribution is 2.35. The highest BCUT2D eigenvalue weighted by molar-refractivity contribution is 5.92. The van der Waals surface area contributed by atoms with Gasteiger partial charge < -0.3 is 10.3 Å². The quantitative estimate of drug-likeness (QED) is 0.895. The number of pyridine rings is 1. The number of likely N-dealkylation sites (tertiary alicyclic amines) is 1. The third-order valence-electron chi connectivity index (χ3n) is 5.36. The molecule has 0 bridgehead atoms. The molecule has 3 rings (SSSR count). The molecule has 0 spiro atoms. The van der Waals surface area contributed by atoms with Crippen molar-refractivity contribution in [2.24, 2.45) is 0 Å². The average molecular weight is 317 g/mol. The Balaban J connectivity index is 1.70. The Hall–Kier alpha value is -1.62. The van der Waals surface area contributed by atoms with Crippen LogP contribution in [0.5, 0.6) is 0 Å². The monoisotopic (exact) mass is 317 g/mol. The fourth-order valence-electron chi connectivity index (χ4n) is 4.15. The Bertz CT molecular complexity index is 611. The molecule has 1 saturated heterocycles. The normalized spacial score (nSPS) is 21.3. The molecule has 126 valence electrons. The number of H-pyrrole nitrogens is 1. The lowest BCUT2D eigenvalue weighted by Crippen LogP contribution is -2.55. The molecule has 1 aliphatic carbocycles. The lowest BCUT2D eigenvalue weighted by Gasteiger charge is -2.45. The van der Waals surface area contributed by atoms with Gasteiger partial charge in [-0.15, -0.1) is 0 Å². The summed E-state index contributed by atoms with van der Waals surface area (Å²) in [4.78, 5) is 29.6. The van der Waals surface area contributed by atoms with Crippen molar-refractivity contribution in [1.82, 2.24) is 15.2 Å². The van der Waals surface area contributed by atoms with Crippen LogP contribution in [0.25, 0.3) is 0 Å².